The number of hydrogen-bond donors (Lipinski definition) is 0. The summed E-state index contributed by atoms with van der Waals surface area (Å²) in [6, 6.07) is 4.53. The Morgan fingerprint density at radius 1 is 1.53 bits per heavy atom. The zero-order valence-electron chi connectivity index (χ0n) is 9.95. The lowest BCUT2D eigenvalue weighted by molar-refractivity contribution is -0.142. The van der Waals surface area contributed by atoms with Crippen molar-refractivity contribution in [2.24, 2.45) is 0 Å². The second-order valence-corrected chi connectivity index (χ2v) is 4.33. The zero-order chi connectivity index (χ0) is 14.4. The molecule has 102 valence electrons. The van der Waals surface area contributed by atoms with E-state index < -0.39 is 12.6 Å². The van der Waals surface area contributed by atoms with Gasteiger partial charge in [-0.2, -0.15) is 14.0 Å². The third kappa shape index (κ3) is 4.48. The summed E-state index contributed by atoms with van der Waals surface area (Å²) in [7, 11) is 0. The average molecular weight is 334 g/mol. The SMILES string of the molecule is CCOC(=O)Cc1cc(Br)cc(C#N)c1OC(F)F. The highest BCUT2D eigenvalue weighted by Crippen LogP contribution is 2.30. The first kappa shape index (κ1) is 15.4. The molecule has 19 heavy (non-hydrogen) atoms. The molecule has 1 aromatic carbocycles. The van der Waals surface area contributed by atoms with E-state index >= 15 is 0 Å². The second kappa shape index (κ2) is 7.04. The van der Waals surface area contributed by atoms with E-state index in [0.717, 1.165) is 0 Å². The summed E-state index contributed by atoms with van der Waals surface area (Å²) >= 11 is 3.14. The predicted molar refractivity (Wildman–Crippen MR) is 65.8 cm³/mol. The van der Waals surface area contributed by atoms with Crippen molar-refractivity contribution in [2.75, 3.05) is 6.61 Å². The molecule has 7 heteroatoms. The predicted octanol–water partition coefficient (Wildman–Crippen LogP) is 3.03. The maximum absolute atomic E-state index is 12.3. The number of benzene rings is 1. The Labute approximate surface area is 117 Å². The molecule has 0 aliphatic carbocycles. The maximum atomic E-state index is 12.3. The summed E-state index contributed by atoms with van der Waals surface area (Å²) in [5, 5.41) is 8.91. The van der Waals surface area contributed by atoms with Gasteiger partial charge < -0.3 is 9.47 Å². The van der Waals surface area contributed by atoms with Gasteiger partial charge in [0.1, 0.15) is 11.8 Å². The molecule has 0 amide bonds. The normalized spacial score (nSPS) is 10.1. The Hall–Kier alpha value is -1.68. The van der Waals surface area contributed by atoms with Crippen molar-refractivity contribution >= 4 is 21.9 Å². The molecule has 0 atom stereocenters. The van der Waals surface area contributed by atoms with Crippen LogP contribution in [-0.2, 0) is 16.0 Å². The van der Waals surface area contributed by atoms with E-state index in [1.54, 1.807) is 13.0 Å². The molecule has 0 N–H and O–H groups in total. The molecule has 0 fully saturated rings. The van der Waals surface area contributed by atoms with Crippen molar-refractivity contribution in [3.05, 3.63) is 27.7 Å². The van der Waals surface area contributed by atoms with Crippen LogP contribution < -0.4 is 4.74 Å². The minimum atomic E-state index is -3.07. The monoisotopic (exact) mass is 333 g/mol. The number of nitrogens with zero attached hydrogens (tertiary/aromatic N) is 1. The smallest absolute Gasteiger partial charge is 0.387 e. The number of alkyl halides is 2. The number of ether oxygens (including phenoxy) is 2. The standard InChI is InChI=1S/C12H10BrF2NO3/c1-2-18-10(17)5-7-3-9(13)4-8(6-16)11(7)19-12(14)15/h3-4,12H,2,5H2,1H3. The minimum absolute atomic E-state index is 0.0750. The van der Waals surface area contributed by atoms with Crippen molar-refractivity contribution < 1.29 is 23.0 Å². The first-order valence-electron chi connectivity index (χ1n) is 5.30. The van der Waals surface area contributed by atoms with Gasteiger partial charge in [0.25, 0.3) is 0 Å². The fraction of sp³-hybridized carbons (Fsp3) is 0.333. The molecule has 4 nitrogen and oxygen atoms in total. The largest absolute Gasteiger partial charge is 0.466 e. The van der Waals surface area contributed by atoms with E-state index in [4.69, 9.17) is 10.00 Å². The van der Waals surface area contributed by atoms with Crippen LogP contribution in [-0.4, -0.2) is 19.2 Å². The highest BCUT2D eigenvalue weighted by molar-refractivity contribution is 9.10. The van der Waals surface area contributed by atoms with Gasteiger partial charge in [-0.05, 0) is 19.1 Å². The van der Waals surface area contributed by atoms with E-state index in [9.17, 15) is 13.6 Å². The van der Waals surface area contributed by atoms with Gasteiger partial charge in [-0.3, -0.25) is 4.79 Å². The van der Waals surface area contributed by atoms with E-state index in [0.29, 0.717) is 4.47 Å². The van der Waals surface area contributed by atoms with Crippen LogP contribution in [0.25, 0.3) is 0 Å². The first-order valence-corrected chi connectivity index (χ1v) is 6.10. The van der Waals surface area contributed by atoms with Crippen LogP contribution in [0, 0.1) is 11.3 Å². The van der Waals surface area contributed by atoms with E-state index in [-0.39, 0.29) is 29.9 Å². The van der Waals surface area contributed by atoms with Gasteiger partial charge in [-0.1, -0.05) is 15.9 Å². The lowest BCUT2D eigenvalue weighted by Crippen LogP contribution is -2.12. The summed E-state index contributed by atoms with van der Waals surface area (Å²) in [5.74, 6) is -0.877. The summed E-state index contributed by atoms with van der Waals surface area (Å²) in [4.78, 5) is 11.4. The highest BCUT2D eigenvalue weighted by atomic mass is 79.9. The lowest BCUT2D eigenvalue weighted by atomic mass is 10.1. The van der Waals surface area contributed by atoms with Crippen molar-refractivity contribution in [1.29, 1.82) is 5.26 Å². The Bertz CT molecular complexity index is 514. The van der Waals surface area contributed by atoms with Crippen LogP contribution in [0.15, 0.2) is 16.6 Å². The van der Waals surface area contributed by atoms with Crippen molar-refractivity contribution in [1.82, 2.24) is 0 Å². The molecule has 0 bridgehead atoms. The number of nitriles is 1. The van der Waals surface area contributed by atoms with Gasteiger partial charge in [0.2, 0.25) is 0 Å². The molecule has 0 unspecified atom stereocenters. The Morgan fingerprint density at radius 2 is 2.21 bits per heavy atom. The number of hydrogen-bond acceptors (Lipinski definition) is 4. The van der Waals surface area contributed by atoms with Crippen LogP contribution in [0.2, 0.25) is 0 Å². The highest BCUT2D eigenvalue weighted by Gasteiger charge is 2.18. The quantitative estimate of drug-likeness (QED) is 0.777. The summed E-state index contributed by atoms with van der Waals surface area (Å²) in [5.41, 5.74) is 0.0960. The fourth-order valence-corrected chi connectivity index (χ4v) is 1.97. The fourth-order valence-electron chi connectivity index (χ4n) is 1.46. The molecule has 1 rings (SSSR count). The number of rotatable bonds is 5. The van der Waals surface area contributed by atoms with Gasteiger partial charge in [0, 0.05) is 10.0 Å². The Morgan fingerprint density at radius 3 is 2.74 bits per heavy atom. The van der Waals surface area contributed by atoms with E-state index in [1.807, 2.05) is 0 Å². The summed E-state index contributed by atoms with van der Waals surface area (Å²) in [6.07, 6.45) is -0.246. The number of carbonyl (C=O) groups is 1. The van der Waals surface area contributed by atoms with Crippen LogP contribution >= 0.6 is 15.9 Å². The van der Waals surface area contributed by atoms with Crippen molar-refractivity contribution in [3.63, 3.8) is 0 Å². The molecular weight excluding hydrogens is 324 g/mol. The third-order valence-electron chi connectivity index (χ3n) is 2.10. The first-order chi connectivity index (χ1) is 8.97. The maximum Gasteiger partial charge on any atom is 0.387 e. The molecule has 0 saturated carbocycles. The zero-order valence-corrected chi connectivity index (χ0v) is 11.5. The number of carbonyl (C=O) groups excluding carboxylic acids is 1. The molecule has 0 saturated heterocycles. The van der Waals surface area contributed by atoms with Gasteiger partial charge in [0.05, 0.1) is 18.6 Å². The van der Waals surface area contributed by atoms with Gasteiger partial charge in [-0.25, -0.2) is 0 Å². The molecule has 0 aliphatic heterocycles. The van der Waals surface area contributed by atoms with Crippen LogP contribution in [0.5, 0.6) is 5.75 Å². The second-order valence-electron chi connectivity index (χ2n) is 3.41. The van der Waals surface area contributed by atoms with Crippen LogP contribution in [0.4, 0.5) is 8.78 Å². The molecule has 0 aromatic heterocycles. The van der Waals surface area contributed by atoms with Gasteiger partial charge in [-0.15, -0.1) is 0 Å². The average Bonchev–Trinajstić information content (AvgIpc) is 2.31. The Balaban J connectivity index is 3.16. The van der Waals surface area contributed by atoms with Crippen molar-refractivity contribution in [2.45, 2.75) is 20.0 Å². The van der Waals surface area contributed by atoms with E-state index in [2.05, 4.69) is 20.7 Å². The van der Waals surface area contributed by atoms with E-state index in [1.165, 1.54) is 12.1 Å². The van der Waals surface area contributed by atoms with Gasteiger partial charge >= 0.3 is 12.6 Å². The summed E-state index contributed by atoms with van der Waals surface area (Å²) < 4.78 is 34.2. The van der Waals surface area contributed by atoms with Crippen LogP contribution in [0.1, 0.15) is 18.1 Å². The molecule has 0 spiro atoms. The molecule has 1 aromatic rings. The minimum Gasteiger partial charge on any atom is -0.466 e. The molecular formula is C12H10BrF2NO3. The number of esters is 1. The lowest BCUT2D eigenvalue weighted by Gasteiger charge is -2.12. The molecule has 0 heterocycles. The van der Waals surface area contributed by atoms with Crippen molar-refractivity contribution in [3.8, 4) is 11.8 Å². The molecule has 0 aliphatic rings. The number of halogens is 3. The van der Waals surface area contributed by atoms with Crippen LogP contribution in [0.3, 0.4) is 0 Å². The third-order valence-corrected chi connectivity index (χ3v) is 2.56. The van der Waals surface area contributed by atoms with Gasteiger partial charge in [0.15, 0.2) is 0 Å². The Kier molecular flexibility index (Phi) is 5.70. The summed E-state index contributed by atoms with van der Waals surface area (Å²) in [6.45, 7) is -1.26. The topological polar surface area (TPSA) is 59.3 Å². The molecule has 0 radical (unpaired) electrons.